The van der Waals surface area contributed by atoms with Crippen molar-refractivity contribution in [1.29, 1.82) is 0 Å². The van der Waals surface area contributed by atoms with Crippen LogP contribution in [0.5, 0.6) is 0 Å². The summed E-state index contributed by atoms with van der Waals surface area (Å²) in [5, 5.41) is 0.933. The first-order valence-electron chi connectivity index (χ1n) is 22.1. The van der Waals surface area contributed by atoms with Crippen LogP contribution < -0.4 is 15.4 Å². The Hall–Kier alpha value is -4.68. The van der Waals surface area contributed by atoms with Gasteiger partial charge in [0.2, 0.25) is 17.7 Å². The van der Waals surface area contributed by atoms with Gasteiger partial charge in [0.1, 0.15) is 11.5 Å². The van der Waals surface area contributed by atoms with Gasteiger partial charge in [-0.05, 0) is 118 Å². The molecule has 3 amide bonds. The standard InChI is InChI=1S/C47H51ClF2N6O4/c48-35-6-4-7-38-42(35)44(59)51-46-47(17-2-1-3-18-47)34-11-10-31(24-39(34)55(38)46)30-14-19-52(20-15-30)27-29-12-21-53(22-13-29)45(60)32-16-23-54(28-32)33-25-36(49)43(37(50)26-33)56-40(57)8-5-9-41(56)58/h4,6-7,10-11,24-26,29-30,32H,1-3,5,8-9,12-23,27-28H2/t32-/m1/s1. The van der Waals surface area contributed by atoms with Crippen molar-refractivity contribution in [3.05, 3.63) is 92.5 Å². The minimum Gasteiger partial charge on any atom is -0.371 e. The Morgan fingerprint density at radius 1 is 0.817 bits per heavy atom. The fraction of sp³-hybridized carbons (Fsp3) is 0.511. The van der Waals surface area contributed by atoms with E-state index in [0.29, 0.717) is 71.9 Å². The molecule has 0 N–H and O–H groups in total. The van der Waals surface area contributed by atoms with Crippen LogP contribution in [0.3, 0.4) is 0 Å². The van der Waals surface area contributed by atoms with Crippen molar-refractivity contribution in [3.8, 4) is 5.69 Å². The number of aromatic nitrogens is 2. The van der Waals surface area contributed by atoms with Crippen LogP contribution in [0.4, 0.5) is 20.2 Å². The molecule has 13 heteroatoms. The smallest absolute Gasteiger partial charge is 0.282 e. The van der Waals surface area contributed by atoms with Crippen molar-refractivity contribution in [1.82, 2.24) is 19.4 Å². The van der Waals surface area contributed by atoms with E-state index < -0.39 is 29.1 Å². The molecule has 1 atom stereocenters. The second-order valence-corrected chi connectivity index (χ2v) is 18.5. The zero-order chi connectivity index (χ0) is 41.3. The number of imide groups is 1. The highest BCUT2D eigenvalue weighted by atomic mass is 35.5. The van der Waals surface area contributed by atoms with Gasteiger partial charge in [-0.3, -0.25) is 23.7 Å². The summed E-state index contributed by atoms with van der Waals surface area (Å²) in [7, 11) is 0. The highest BCUT2D eigenvalue weighted by Gasteiger charge is 2.47. The van der Waals surface area contributed by atoms with E-state index in [1.165, 1.54) is 29.7 Å². The summed E-state index contributed by atoms with van der Waals surface area (Å²) in [6.07, 6.45) is 10.6. The summed E-state index contributed by atoms with van der Waals surface area (Å²) in [5.41, 5.74) is 3.86. The number of likely N-dealkylation sites (tertiary alicyclic amines) is 2. The van der Waals surface area contributed by atoms with E-state index in [1.54, 1.807) is 6.07 Å². The van der Waals surface area contributed by atoms with Gasteiger partial charge in [0.05, 0.1) is 32.9 Å². The molecule has 1 spiro atoms. The van der Waals surface area contributed by atoms with Gasteiger partial charge >= 0.3 is 0 Å². The molecule has 3 aromatic carbocycles. The number of anilines is 2. The number of halogens is 3. The predicted octanol–water partition coefficient (Wildman–Crippen LogP) is 7.87. The van der Waals surface area contributed by atoms with Crippen LogP contribution in [-0.4, -0.2) is 82.9 Å². The number of amides is 3. The molecule has 0 unspecified atom stereocenters. The van der Waals surface area contributed by atoms with Crippen molar-refractivity contribution in [2.24, 2.45) is 11.8 Å². The summed E-state index contributed by atoms with van der Waals surface area (Å²) in [6.45, 7) is 5.37. The number of benzene rings is 3. The van der Waals surface area contributed by atoms with Crippen molar-refractivity contribution in [3.63, 3.8) is 0 Å². The molecule has 10 nitrogen and oxygen atoms in total. The molecule has 6 aliphatic rings. The zero-order valence-electron chi connectivity index (χ0n) is 33.9. The molecule has 1 saturated carbocycles. The number of hydrogen-bond donors (Lipinski definition) is 0. The lowest BCUT2D eigenvalue weighted by molar-refractivity contribution is -0.136. The summed E-state index contributed by atoms with van der Waals surface area (Å²) >= 11 is 6.60. The van der Waals surface area contributed by atoms with E-state index in [4.69, 9.17) is 16.6 Å². The largest absolute Gasteiger partial charge is 0.371 e. The van der Waals surface area contributed by atoms with Crippen LogP contribution in [0.2, 0.25) is 5.02 Å². The number of hydrogen-bond acceptors (Lipinski definition) is 7. The van der Waals surface area contributed by atoms with Gasteiger partial charge < -0.3 is 14.7 Å². The normalized spacial score (nSPS) is 22.6. The Balaban J connectivity index is 0.746. The third-order valence-corrected chi connectivity index (χ3v) is 15.0. The molecule has 4 aromatic rings. The topological polar surface area (TPSA) is 99.1 Å². The first-order valence-corrected chi connectivity index (χ1v) is 22.4. The van der Waals surface area contributed by atoms with Crippen molar-refractivity contribution in [2.45, 2.75) is 94.8 Å². The van der Waals surface area contributed by atoms with Crippen LogP contribution >= 0.6 is 11.6 Å². The summed E-state index contributed by atoms with van der Waals surface area (Å²) < 4.78 is 32.7. The van der Waals surface area contributed by atoms with Gasteiger partial charge in [-0.15, -0.1) is 0 Å². The fourth-order valence-corrected chi connectivity index (χ4v) is 11.8. The van der Waals surface area contributed by atoms with Crippen LogP contribution in [0.15, 0.2) is 53.3 Å². The number of carbonyl (C=O) groups excluding carboxylic acids is 3. The second-order valence-electron chi connectivity index (χ2n) is 18.1. The summed E-state index contributed by atoms with van der Waals surface area (Å²) in [5.74, 6) is -1.40. The summed E-state index contributed by atoms with van der Waals surface area (Å²) in [6, 6.07) is 15.1. The first kappa shape index (κ1) is 39.5. The molecule has 4 saturated heterocycles. The minimum atomic E-state index is -0.950. The van der Waals surface area contributed by atoms with Crippen molar-refractivity contribution >= 4 is 51.6 Å². The monoisotopic (exact) mass is 836 g/mol. The Morgan fingerprint density at radius 3 is 2.25 bits per heavy atom. The van der Waals surface area contributed by atoms with Crippen molar-refractivity contribution in [2.75, 3.05) is 55.6 Å². The molecule has 6 heterocycles. The Kier molecular flexibility index (Phi) is 10.3. The maximum atomic E-state index is 15.2. The number of rotatable bonds is 6. The molecule has 60 heavy (non-hydrogen) atoms. The fourth-order valence-electron chi connectivity index (χ4n) is 11.5. The van der Waals surface area contributed by atoms with Crippen LogP contribution in [-0.2, 0) is 19.8 Å². The Bertz CT molecular complexity index is 2410. The molecule has 5 aliphatic heterocycles. The zero-order valence-corrected chi connectivity index (χ0v) is 34.7. The maximum Gasteiger partial charge on any atom is 0.282 e. The molecule has 10 rings (SSSR count). The average Bonchev–Trinajstić information content (AvgIpc) is 3.84. The van der Waals surface area contributed by atoms with E-state index >= 15 is 8.78 Å². The average molecular weight is 837 g/mol. The first-order chi connectivity index (χ1) is 29.1. The number of piperidine rings is 3. The molecule has 0 radical (unpaired) electrons. The lowest BCUT2D eigenvalue weighted by Gasteiger charge is -2.38. The minimum absolute atomic E-state index is 0.0751. The van der Waals surface area contributed by atoms with Gasteiger partial charge in [0.15, 0.2) is 11.6 Å². The van der Waals surface area contributed by atoms with Gasteiger partial charge in [-0.2, -0.15) is 4.98 Å². The lowest BCUT2D eigenvalue weighted by Crippen LogP contribution is -2.45. The summed E-state index contributed by atoms with van der Waals surface area (Å²) in [4.78, 5) is 63.5. The third kappa shape index (κ3) is 6.73. The SMILES string of the molecule is O=C([C@@H]1CCN(c2cc(F)c(N3C(=O)CCCC3=O)c(F)c2)C1)N1CCC(CN2CCC(c3ccc4c(c3)-n3c(nc(=O)c5c(Cl)cccc53)C43CCCCC3)CC2)CC1. The molecule has 0 bridgehead atoms. The van der Waals surface area contributed by atoms with Crippen LogP contribution in [0.1, 0.15) is 106 Å². The Labute approximate surface area is 353 Å². The van der Waals surface area contributed by atoms with E-state index in [-0.39, 0.29) is 35.6 Å². The Morgan fingerprint density at radius 2 is 1.53 bits per heavy atom. The van der Waals surface area contributed by atoms with Crippen LogP contribution in [0.25, 0.3) is 16.6 Å². The number of carbonyl (C=O) groups is 3. The van der Waals surface area contributed by atoms with Crippen molar-refractivity contribution < 1.29 is 23.2 Å². The molecular weight excluding hydrogens is 786 g/mol. The molecule has 314 valence electrons. The third-order valence-electron chi connectivity index (χ3n) is 14.7. The van der Waals surface area contributed by atoms with Gasteiger partial charge in [-0.25, -0.2) is 13.7 Å². The quantitative estimate of drug-likeness (QED) is 0.183. The van der Waals surface area contributed by atoms with Gasteiger partial charge in [-0.1, -0.05) is 49.1 Å². The van der Waals surface area contributed by atoms with Gasteiger partial charge in [0.25, 0.3) is 5.56 Å². The van der Waals surface area contributed by atoms with Gasteiger partial charge in [0, 0.05) is 51.3 Å². The molecule has 1 aromatic heterocycles. The number of nitrogens with zero attached hydrogens (tertiary/aromatic N) is 6. The molecule has 5 fully saturated rings. The van der Waals surface area contributed by atoms with E-state index in [9.17, 15) is 19.2 Å². The maximum absolute atomic E-state index is 15.2. The predicted molar refractivity (Wildman–Crippen MR) is 227 cm³/mol. The highest BCUT2D eigenvalue weighted by molar-refractivity contribution is 6.35. The second kappa shape index (κ2) is 15.7. The van der Waals surface area contributed by atoms with Crippen LogP contribution in [0, 0.1) is 23.5 Å². The molecular formula is C47H51ClF2N6O4. The highest BCUT2D eigenvalue weighted by Crippen LogP contribution is 2.52. The number of fused-ring (bicyclic) bond motifs is 7. The van der Waals surface area contributed by atoms with E-state index in [0.717, 1.165) is 88.0 Å². The van der Waals surface area contributed by atoms with E-state index in [2.05, 4.69) is 27.7 Å². The van der Waals surface area contributed by atoms with E-state index in [1.807, 2.05) is 21.9 Å². The lowest BCUT2D eigenvalue weighted by atomic mass is 9.69. The molecule has 1 aliphatic carbocycles.